The van der Waals surface area contributed by atoms with Crippen molar-refractivity contribution in [3.8, 4) is 0 Å². The summed E-state index contributed by atoms with van der Waals surface area (Å²) in [6, 6.07) is 10.3. The first-order valence-corrected chi connectivity index (χ1v) is 5.80. The van der Waals surface area contributed by atoms with E-state index in [1.165, 1.54) is 5.56 Å². The van der Waals surface area contributed by atoms with Crippen LogP contribution in [0.5, 0.6) is 0 Å². The van der Waals surface area contributed by atoms with Gasteiger partial charge in [0, 0.05) is 13.0 Å². The van der Waals surface area contributed by atoms with Crippen molar-refractivity contribution in [2.75, 3.05) is 0 Å². The molecule has 1 aromatic carbocycles. The van der Waals surface area contributed by atoms with Crippen LogP contribution in [-0.4, -0.2) is 14.8 Å². The van der Waals surface area contributed by atoms with Gasteiger partial charge in [0.1, 0.15) is 5.82 Å². The van der Waals surface area contributed by atoms with E-state index < -0.39 is 0 Å². The van der Waals surface area contributed by atoms with Crippen LogP contribution in [0.1, 0.15) is 18.3 Å². The van der Waals surface area contributed by atoms with E-state index in [0.717, 1.165) is 25.2 Å². The number of aryl methyl sites for hydroxylation is 2. The Labute approximate surface area is 100 Å². The minimum atomic E-state index is 0.479. The van der Waals surface area contributed by atoms with Crippen LogP contribution in [0.15, 0.2) is 30.3 Å². The zero-order chi connectivity index (χ0) is 11.4. The molecule has 84 valence electrons. The van der Waals surface area contributed by atoms with Gasteiger partial charge in [0.15, 0.2) is 0 Å². The molecule has 0 radical (unpaired) electrons. The minimum absolute atomic E-state index is 0.479. The van der Waals surface area contributed by atoms with Gasteiger partial charge in [0.2, 0.25) is 5.28 Å². The summed E-state index contributed by atoms with van der Waals surface area (Å²) in [5.41, 5.74) is 1.30. The molecule has 0 fully saturated rings. The van der Waals surface area contributed by atoms with Gasteiger partial charge in [0.05, 0.1) is 0 Å². The lowest BCUT2D eigenvalue weighted by molar-refractivity contribution is 0.656. The van der Waals surface area contributed by atoms with Crippen molar-refractivity contribution in [2.24, 2.45) is 0 Å². The van der Waals surface area contributed by atoms with Crippen LogP contribution in [0.4, 0.5) is 0 Å². The number of aromatic nitrogens is 3. The molecule has 0 saturated carbocycles. The van der Waals surface area contributed by atoms with Crippen molar-refractivity contribution in [2.45, 2.75) is 26.3 Å². The minimum Gasteiger partial charge on any atom is -0.301 e. The lowest BCUT2D eigenvalue weighted by Gasteiger charge is -2.06. The Morgan fingerprint density at radius 1 is 1.19 bits per heavy atom. The van der Waals surface area contributed by atoms with Crippen LogP contribution in [0.25, 0.3) is 0 Å². The average Bonchev–Trinajstić information content (AvgIpc) is 2.69. The van der Waals surface area contributed by atoms with Crippen molar-refractivity contribution in [3.05, 3.63) is 47.0 Å². The summed E-state index contributed by atoms with van der Waals surface area (Å²) < 4.78 is 1.97. The van der Waals surface area contributed by atoms with Crippen molar-refractivity contribution in [1.82, 2.24) is 14.8 Å². The summed E-state index contributed by atoms with van der Waals surface area (Å²) in [6.45, 7) is 2.89. The topological polar surface area (TPSA) is 30.7 Å². The molecule has 0 N–H and O–H groups in total. The third kappa shape index (κ3) is 2.42. The molecular formula is C12H14ClN3. The predicted octanol–water partition coefficient (Wildman–Crippen LogP) is 2.74. The monoisotopic (exact) mass is 235 g/mol. The van der Waals surface area contributed by atoms with Crippen LogP contribution < -0.4 is 0 Å². The smallest absolute Gasteiger partial charge is 0.225 e. The Balaban J connectivity index is 2.07. The van der Waals surface area contributed by atoms with Gasteiger partial charge in [-0.2, -0.15) is 0 Å². The maximum atomic E-state index is 5.98. The highest BCUT2D eigenvalue weighted by Crippen LogP contribution is 2.10. The molecule has 2 rings (SSSR count). The molecular weight excluding hydrogens is 222 g/mol. The molecule has 0 bridgehead atoms. The number of hydrogen-bond donors (Lipinski definition) is 0. The zero-order valence-electron chi connectivity index (χ0n) is 9.23. The predicted molar refractivity (Wildman–Crippen MR) is 64.6 cm³/mol. The first kappa shape index (κ1) is 11.1. The van der Waals surface area contributed by atoms with Gasteiger partial charge in [0.25, 0.3) is 0 Å². The largest absolute Gasteiger partial charge is 0.301 e. The number of halogens is 1. The van der Waals surface area contributed by atoms with E-state index in [0.29, 0.717) is 5.28 Å². The second kappa shape index (κ2) is 5.12. The maximum Gasteiger partial charge on any atom is 0.225 e. The van der Waals surface area contributed by atoms with Crippen LogP contribution in [-0.2, 0) is 19.4 Å². The standard InChI is InChI=1S/C12H14ClN3/c1-2-11-14-15-12(13)16(11)9-8-10-6-4-3-5-7-10/h3-7H,2,8-9H2,1H3. The molecule has 0 aliphatic rings. The SMILES string of the molecule is CCc1nnc(Cl)n1CCc1ccccc1. The summed E-state index contributed by atoms with van der Waals surface area (Å²) in [7, 11) is 0. The second-order valence-electron chi connectivity index (χ2n) is 3.63. The highest BCUT2D eigenvalue weighted by molar-refractivity contribution is 6.28. The highest BCUT2D eigenvalue weighted by Gasteiger charge is 2.07. The molecule has 0 aliphatic carbocycles. The molecule has 0 unspecified atom stereocenters. The molecule has 3 nitrogen and oxygen atoms in total. The summed E-state index contributed by atoms with van der Waals surface area (Å²) in [5.74, 6) is 0.945. The van der Waals surface area contributed by atoms with Crippen LogP contribution in [0, 0.1) is 0 Å². The Morgan fingerprint density at radius 3 is 2.62 bits per heavy atom. The van der Waals surface area contributed by atoms with Crippen molar-refractivity contribution in [3.63, 3.8) is 0 Å². The van der Waals surface area contributed by atoms with Gasteiger partial charge >= 0.3 is 0 Å². The van der Waals surface area contributed by atoms with E-state index in [4.69, 9.17) is 11.6 Å². The number of hydrogen-bond acceptors (Lipinski definition) is 2. The lowest BCUT2D eigenvalue weighted by atomic mass is 10.1. The molecule has 1 heterocycles. The fourth-order valence-corrected chi connectivity index (χ4v) is 1.90. The van der Waals surface area contributed by atoms with Gasteiger partial charge in [-0.3, -0.25) is 0 Å². The average molecular weight is 236 g/mol. The number of nitrogens with zero attached hydrogens (tertiary/aromatic N) is 3. The third-order valence-corrected chi connectivity index (χ3v) is 2.85. The van der Waals surface area contributed by atoms with Crippen molar-refractivity contribution in [1.29, 1.82) is 0 Å². The van der Waals surface area contributed by atoms with Crippen molar-refractivity contribution < 1.29 is 0 Å². The fraction of sp³-hybridized carbons (Fsp3) is 0.333. The Morgan fingerprint density at radius 2 is 1.94 bits per heavy atom. The van der Waals surface area contributed by atoms with E-state index >= 15 is 0 Å². The molecule has 0 saturated heterocycles. The third-order valence-electron chi connectivity index (χ3n) is 2.57. The van der Waals surface area contributed by atoms with E-state index in [-0.39, 0.29) is 0 Å². The van der Waals surface area contributed by atoms with Crippen LogP contribution in [0.2, 0.25) is 5.28 Å². The molecule has 0 spiro atoms. The van der Waals surface area contributed by atoms with E-state index in [2.05, 4.69) is 29.3 Å². The Bertz CT molecular complexity index is 451. The first-order chi connectivity index (χ1) is 7.81. The Hall–Kier alpha value is -1.35. The van der Waals surface area contributed by atoms with Crippen LogP contribution in [0.3, 0.4) is 0 Å². The van der Waals surface area contributed by atoms with Gasteiger partial charge in [-0.25, -0.2) is 0 Å². The Kier molecular flexibility index (Phi) is 3.57. The second-order valence-corrected chi connectivity index (χ2v) is 3.96. The maximum absolute atomic E-state index is 5.98. The van der Waals surface area contributed by atoms with E-state index in [1.54, 1.807) is 0 Å². The fourth-order valence-electron chi connectivity index (χ4n) is 1.68. The number of benzene rings is 1. The molecule has 0 amide bonds. The quantitative estimate of drug-likeness (QED) is 0.816. The molecule has 16 heavy (non-hydrogen) atoms. The van der Waals surface area contributed by atoms with E-state index in [1.807, 2.05) is 22.8 Å². The molecule has 0 aliphatic heterocycles. The van der Waals surface area contributed by atoms with Gasteiger partial charge < -0.3 is 4.57 Å². The molecule has 1 aromatic heterocycles. The summed E-state index contributed by atoms with van der Waals surface area (Å²) in [6.07, 6.45) is 1.81. The van der Waals surface area contributed by atoms with Crippen LogP contribution >= 0.6 is 11.6 Å². The summed E-state index contributed by atoms with van der Waals surface area (Å²) >= 11 is 5.98. The summed E-state index contributed by atoms with van der Waals surface area (Å²) in [5, 5.41) is 8.39. The number of rotatable bonds is 4. The normalized spacial score (nSPS) is 10.6. The summed E-state index contributed by atoms with van der Waals surface area (Å²) in [4.78, 5) is 0. The zero-order valence-corrected chi connectivity index (χ0v) is 9.98. The van der Waals surface area contributed by atoms with Gasteiger partial charge in [-0.15, -0.1) is 10.2 Å². The first-order valence-electron chi connectivity index (χ1n) is 5.42. The lowest BCUT2D eigenvalue weighted by Crippen LogP contribution is -2.05. The van der Waals surface area contributed by atoms with Gasteiger partial charge in [-0.1, -0.05) is 37.3 Å². The van der Waals surface area contributed by atoms with Gasteiger partial charge in [-0.05, 0) is 23.6 Å². The van der Waals surface area contributed by atoms with Crippen molar-refractivity contribution >= 4 is 11.6 Å². The molecule has 2 aromatic rings. The molecule has 0 atom stereocenters. The highest BCUT2D eigenvalue weighted by atomic mass is 35.5. The molecule has 4 heteroatoms. The van der Waals surface area contributed by atoms with E-state index in [9.17, 15) is 0 Å².